The summed E-state index contributed by atoms with van der Waals surface area (Å²) in [7, 11) is 0. The minimum atomic E-state index is 0.114. The van der Waals surface area contributed by atoms with Crippen LogP contribution in [0.25, 0.3) is 0 Å². The number of rotatable bonds is 4. The van der Waals surface area contributed by atoms with E-state index in [0.717, 1.165) is 13.0 Å². The van der Waals surface area contributed by atoms with Gasteiger partial charge in [-0.1, -0.05) is 26.0 Å². The van der Waals surface area contributed by atoms with Crippen molar-refractivity contribution in [3.63, 3.8) is 0 Å². The molecule has 2 atom stereocenters. The van der Waals surface area contributed by atoms with Crippen molar-refractivity contribution in [3.8, 4) is 0 Å². The molecule has 1 N–H and O–H groups in total. The molecule has 0 bridgehead atoms. The van der Waals surface area contributed by atoms with Crippen LogP contribution in [0.4, 0.5) is 5.69 Å². The highest BCUT2D eigenvalue weighted by molar-refractivity contribution is 8.00. The number of para-hydroxylation sites is 1. The number of benzene rings is 1. The molecule has 2 rings (SSSR count). The van der Waals surface area contributed by atoms with Crippen molar-refractivity contribution in [2.45, 2.75) is 43.4 Å². The van der Waals surface area contributed by atoms with Gasteiger partial charge in [-0.05, 0) is 25.5 Å². The maximum absolute atomic E-state index is 12.0. The number of thioether (sulfide) groups is 1. The van der Waals surface area contributed by atoms with Gasteiger partial charge in [0.2, 0.25) is 5.91 Å². The Morgan fingerprint density at radius 1 is 1.37 bits per heavy atom. The lowest BCUT2D eigenvalue weighted by molar-refractivity contribution is -0.119. The second kappa shape index (κ2) is 6.33. The predicted octanol–water partition coefficient (Wildman–Crippen LogP) is 2.90. The zero-order valence-electron chi connectivity index (χ0n) is 11.8. The zero-order chi connectivity index (χ0) is 13.8. The van der Waals surface area contributed by atoms with Crippen molar-refractivity contribution in [1.29, 1.82) is 0 Å². The van der Waals surface area contributed by atoms with Crippen LogP contribution in [-0.4, -0.2) is 30.3 Å². The molecule has 1 amide bonds. The molecule has 0 spiro atoms. The van der Waals surface area contributed by atoms with E-state index < -0.39 is 0 Å². The Labute approximate surface area is 119 Å². The minimum absolute atomic E-state index is 0.114. The average Bonchev–Trinajstić information content (AvgIpc) is 2.41. The molecule has 0 saturated carbocycles. The molecular weight excluding hydrogens is 256 g/mol. The second-order valence-electron chi connectivity index (χ2n) is 5.01. The Hall–Kier alpha value is -1.16. The molecule has 1 aromatic carbocycles. The summed E-state index contributed by atoms with van der Waals surface area (Å²) in [6.45, 7) is 7.69. The third-order valence-corrected chi connectivity index (χ3v) is 4.91. The lowest BCUT2D eigenvalue weighted by Crippen LogP contribution is -2.47. The number of carbonyl (C=O) groups excluding carboxylic acids is 1. The highest BCUT2D eigenvalue weighted by atomic mass is 32.2. The van der Waals surface area contributed by atoms with E-state index in [2.05, 4.69) is 49.2 Å². The first kappa shape index (κ1) is 14.3. The van der Waals surface area contributed by atoms with Gasteiger partial charge in [0.05, 0.1) is 12.2 Å². The highest BCUT2D eigenvalue weighted by Gasteiger charge is 2.29. The molecular formula is C15H22N2OS. The number of anilines is 1. The number of hydrogen-bond acceptors (Lipinski definition) is 3. The number of nitrogens with zero attached hydrogens (tertiary/aromatic N) is 1. The van der Waals surface area contributed by atoms with Crippen LogP contribution in [0.1, 0.15) is 27.2 Å². The van der Waals surface area contributed by atoms with E-state index >= 15 is 0 Å². The van der Waals surface area contributed by atoms with Crippen molar-refractivity contribution >= 4 is 23.4 Å². The number of nitrogens with one attached hydrogen (secondary N) is 1. The first-order valence-electron chi connectivity index (χ1n) is 6.92. The molecule has 0 aromatic heterocycles. The van der Waals surface area contributed by atoms with Crippen LogP contribution < -0.4 is 10.2 Å². The SMILES string of the molecule is CCCNC(=O)CN1c2ccccc2S[C@@H](C)[C@@H]1C. The Morgan fingerprint density at radius 3 is 2.84 bits per heavy atom. The Kier molecular flexibility index (Phi) is 4.75. The standard InChI is InChI=1S/C15H22N2OS/c1-4-9-16-15(18)10-17-11(2)12(3)19-14-8-6-5-7-13(14)17/h5-8,11-12H,4,9-10H2,1-3H3,(H,16,18)/t11-,12-/m0/s1. The van der Waals surface area contributed by atoms with Crippen LogP contribution in [0, 0.1) is 0 Å². The summed E-state index contributed by atoms with van der Waals surface area (Å²) in [6.07, 6.45) is 0.976. The fourth-order valence-electron chi connectivity index (χ4n) is 2.27. The lowest BCUT2D eigenvalue weighted by Gasteiger charge is -2.39. The molecule has 0 unspecified atom stereocenters. The summed E-state index contributed by atoms with van der Waals surface area (Å²) in [4.78, 5) is 15.5. The summed E-state index contributed by atoms with van der Waals surface area (Å²) >= 11 is 1.90. The first-order chi connectivity index (χ1) is 9.13. The van der Waals surface area contributed by atoms with Gasteiger partial charge in [0.25, 0.3) is 0 Å². The average molecular weight is 278 g/mol. The van der Waals surface area contributed by atoms with Crippen LogP contribution in [0.2, 0.25) is 0 Å². The zero-order valence-corrected chi connectivity index (χ0v) is 12.7. The van der Waals surface area contributed by atoms with Gasteiger partial charge in [0, 0.05) is 22.7 Å². The maximum Gasteiger partial charge on any atom is 0.239 e. The van der Waals surface area contributed by atoms with Crippen LogP contribution in [-0.2, 0) is 4.79 Å². The molecule has 0 saturated heterocycles. The van der Waals surface area contributed by atoms with Gasteiger partial charge in [-0.2, -0.15) is 0 Å². The molecule has 1 heterocycles. The molecule has 1 aromatic rings. The quantitative estimate of drug-likeness (QED) is 0.919. The van der Waals surface area contributed by atoms with E-state index in [9.17, 15) is 4.79 Å². The van der Waals surface area contributed by atoms with Gasteiger partial charge in [0.15, 0.2) is 0 Å². The highest BCUT2D eigenvalue weighted by Crippen LogP contribution is 2.40. The molecule has 0 radical (unpaired) electrons. The Balaban J connectivity index is 2.16. The van der Waals surface area contributed by atoms with Gasteiger partial charge in [-0.25, -0.2) is 0 Å². The normalized spacial score (nSPS) is 21.9. The summed E-state index contributed by atoms with van der Waals surface area (Å²) in [5.41, 5.74) is 1.18. The monoisotopic (exact) mass is 278 g/mol. The van der Waals surface area contributed by atoms with Crippen molar-refractivity contribution in [3.05, 3.63) is 24.3 Å². The van der Waals surface area contributed by atoms with Gasteiger partial charge in [-0.15, -0.1) is 11.8 Å². The smallest absolute Gasteiger partial charge is 0.239 e. The number of fused-ring (bicyclic) bond motifs is 1. The molecule has 0 aliphatic carbocycles. The maximum atomic E-state index is 12.0. The van der Waals surface area contributed by atoms with Crippen molar-refractivity contribution in [1.82, 2.24) is 5.32 Å². The topological polar surface area (TPSA) is 32.3 Å². The first-order valence-corrected chi connectivity index (χ1v) is 7.80. The largest absolute Gasteiger partial charge is 0.357 e. The van der Waals surface area contributed by atoms with E-state index in [0.29, 0.717) is 17.8 Å². The van der Waals surface area contributed by atoms with E-state index in [-0.39, 0.29) is 5.91 Å². The van der Waals surface area contributed by atoms with Crippen LogP contribution in [0.5, 0.6) is 0 Å². The fraction of sp³-hybridized carbons (Fsp3) is 0.533. The molecule has 19 heavy (non-hydrogen) atoms. The van der Waals surface area contributed by atoms with Gasteiger partial charge >= 0.3 is 0 Å². The summed E-state index contributed by atoms with van der Waals surface area (Å²) in [5, 5.41) is 3.45. The third kappa shape index (κ3) is 3.24. The van der Waals surface area contributed by atoms with Crippen LogP contribution >= 0.6 is 11.8 Å². The van der Waals surface area contributed by atoms with E-state index in [1.54, 1.807) is 0 Å². The second-order valence-corrected chi connectivity index (χ2v) is 6.43. The van der Waals surface area contributed by atoms with E-state index in [1.165, 1.54) is 10.6 Å². The van der Waals surface area contributed by atoms with Crippen LogP contribution in [0.3, 0.4) is 0 Å². The third-order valence-electron chi connectivity index (χ3n) is 3.54. The lowest BCUT2D eigenvalue weighted by atomic mass is 10.1. The van der Waals surface area contributed by atoms with Crippen LogP contribution in [0.15, 0.2) is 29.2 Å². The minimum Gasteiger partial charge on any atom is -0.357 e. The van der Waals surface area contributed by atoms with E-state index in [1.807, 2.05) is 17.8 Å². The number of amides is 1. The van der Waals surface area contributed by atoms with Crippen molar-refractivity contribution in [2.24, 2.45) is 0 Å². The predicted molar refractivity (Wildman–Crippen MR) is 81.9 cm³/mol. The fourth-order valence-corrected chi connectivity index (χ4v) is 3.48. The van der Waals surface area contributed by atoms with Gasteiger partial charge < -0.3 is 10.2 Å². The van der Waals surface area contributed by atoms with E-state index in [4.69, 9.17) is 0 Å². The molecule has 4 heteroatoms. The Bertz CT molecular complexity index is 450. The Morgan fingerprint density at radius 2 is 2.11 bits per heavy atom. The number of hydrogen-bond donors (Lipinski definition) is 1. The summed E-state index contributed by atoms with van der Waals surface area (Å²) in [5.74, 6) is 0.114. The van der Waals surface area contributed by atoms with Gasteiger partial charge in [0.1, 0.15) is 0 Å². The molecule has 1 aliphatic heterocycles. The summed E-state index contributed by atoms with van der Waals surface area (Å²) < 4.78 is 0. The molecule has 104 valence electrons. The molecule has 0 fully saturated rings. The van der Waals surface area contributed by atoms with Crippen molar-refractivity contribution in [2.75, 3.05) is 18.0 Å². The summed E-state index contributed by atoms with van der Waals surface area (Å²) in [6, 6.07) is 8.72. The molecule has 1 aliphatic rings. The molecule has 3 nitrogen and oxygen atoms in total. The van der Waals surface area contributed by atoms with Crippen molar-refractivity contribution < 1.29 is 4.79 Å². The number of carbonyl (C=O) groups is 1. The van der Waals surface area contributed by atoms with Gasteiger partial charge in [-0.3, -0.25) is 4.79 Å².